The maximum atomic E-state index is 5.78. The van der Waals surface area contributed by atoms with Gasteiger partial charge in [-0.15, -0.1) is 0 Å². The van der Waals surface area contributed by atoms with Crippen LogP contribution in [0.5, 0.6) is 0 Å². The molecule has 0 fully saturated rings. The highest BCUT2D eigenvalue weighted by Crippen LogP contribution is 2.19. The maximum Gasteiger partial charge on any atom is 0.0371 e. The molecule has 3 nitrogen and oxygen atoms in total. The molecule has 1 rings (SSSR count). The van der Waals surface area contributed by atoms with Crippen LogP contribution in [0.25, 0.3) is 0 Å². The van der Waals surface area contributed by atoms with Crippen molar-refractivity contribution >= 4 is 11.4 Å². The van der Waals surface area contributed by atoms with Crippen LogP contribution in [-0.2, 0) is 6.42 Å². The largest absolute Gasteiger partial charge is 0.399 e. The zero-order valence-corrected chi connectivity index (χ0v) is 9.88. The van der Waals surface area contributed by atoms with Crippen LogP contribution >= 0.6 is 0 Å². The van der Waals surface area contributed by atoms with E-state index in [4.69, 9.17) is 5.73 Å². The Morgan fingerprint density at radius 1 is 1.33 bits per heavy atom. The zero-order chi connectivity index (χ0) is 11.3. The van der Waals surface area contributed by atoms with Crippen LogP contribution < -0.4 is 11.1 Å². The fourth-order valence-electron chi connectivity index (χ4n) is 1.65. The van der Waals surface area contributed by atoms with Crippen LogP contribution in [0.15, 0.2) is 18.2 Å². The number of benzene rings is 1. The number of nitrogens with zero attached hydrogens (tertiary/aromatic N) is 1. The predicted molar refractivity (Wildman–Crippen MR) is 67.3 cm³/mol. The minimum atomic E-state index is 0.842. The van der Waals surface area contributed by atoms with Gasteiger partial charge in [0.25, 0.3) is 0 Å². The van der Waals surface area contributed by atoms with Crippen LogP contribution in [0.3, 0.4) is 0 Å². The molecule has 0 aliphatic carbocycles. The first-order valence-electron chi connectivity index (χ1n) is 5.34. The van der Waals surface area contributed by atoms with Gasteiger partial charge >= 0.3 is 0 Å². The first kappa shape index (κ1) is 11.9. The molecule has 0 spiro atoms. The van der Waals surface area contributed by atoms with E-state index in [1.807, 2.05) is 19.2 Å². The van der Waals surface area contributed by atoms with E-state index in [0.29, 0.717) is 0 Å². The fraction of sp³-hybridized carbons (Fsp3) is 0.500. The second kappa shape index (κ2) is 5.61. The third kappa shape index (κ3) is 3.80. The molecule has 3 heteroatoms. The molecule has 84 valence electrons. The Kier molecular flexibility index (Phi) is 4.43. The molecular formula is C12H21N3. The van der Waals surface area contributed by atoms with Crippen LogP contribution in [0.4, 0.5) is 11.4 Å². The van der Waals surface area contributed by atoms with Gasteiger partial charge in [-0.25, -0.2) is 0 Å². The van der Waals surface area contributed by atoms with Gasteiger partial charge in [-0.3, -0.25) is 0 Å². The lowest BCUT2D eigenvalue weighted by molar-refractivity contribution is 0.400. The first-order valence-corrected chi connectivity index (χ1v) is 5.34. The highest BCUT2D eigenvalue weighted by atomic mass is 15.0. The third-order valence-electron chi connectivity index (χ3n) is 2.45. The molecule has 0 bridgehead atoms. The Morgan fingerprint density at radius 2 is 2.07 bits per heavy atom. The number of nitrogens with one attached hydrogen (secondary N) is 1. The Hall–Kier alpha value is -1.22. The highest BCUT2D eigenvalue weighted by Gasteiger charge is 2.01. The summed E-state index contributed by atoms with van der Waals surface area (Å²) in [7, 11) is 6.14. The Labute approximate surface area is 92.3 Å². The van der Waals surface area contributed by atoms with Crippen molar-refractivity contribution in [3.05, 3.63) is 23.8 Å². The molecule has 0 amide bonds. The molecule has 0 saturated heterocycles. The van der Waals surface area contributed by atoms with E-state index in [9.17, 15) is 0 Å². The topological polar surface area (TPSA) is 41.3 Å². The summed E-state index contributed by atoms with van der Waals surface area (Å²) in [6.07, 6.45) is 2.23. The summed E-state index contributed by atoms with van der Waals surface area (Å²) in [6, 6.07) is 6.03. The highest BCUT2D eigenvalue weighted by molar-refractivity contribution is 5.57. The predicted octanol–water partition coefficient (Wildman–Crippen LogP) is 1.80. The zero-order valence-electron chi connectivity index (χ0n) is 9.88. The molecule has 1 aromatic carbocycles. The molecule has 0 heterocycles. The van der Waals surface area contributed by atoms with Gasteiger partial charge in [-0.2, -0.15) is 0 Å². The van der Waals surface area contributed by atoms with E-state index < -0.39 is 0 Å². The van der Waals surface area contributed by atoms with Crippen molar-refractivity contribution in [1.82, 2.24) is 4.90 Å². The number of aryl methyl sites for hydroxylation is 1. The van der Waals surface area contributed by atoms with Crippen molar-refractivity contribution in [2.45, 2.75) is 12.8 Å². The van der Waals surface area contributed by atoms with Crippen molar-refractivity contribution in [2.75, 3.05) is 38.7 Å². The van der Waals surface area contributed by atoms with E-state index in [-0.39, 0.29) is 0 Å². The van der Waals surface area contributed by atoms with E-state index in [2.05, 4.69) is 30.4 Å². The second-order valence-corrected chi connectivity index (χ2v) is 4.07. The summed E-state index contributed by atoms with van der Waals surface area (Å²) in [6.45, 7) is 1.11. The maximum absolute atomic E-state index is 5.78. The first-order chi connectivity index (χ1) is 7.13. The average molecular weight is 207 g/mol. The summed E-state index contributed by atoms with van der Waals surface area (Å²) in [5.41, 5.74) is 9.11. The minimum absolute atomic E-state index is 0.842. The van der Waals surface area contributed by atoms with Crippen LogP contribution in [0, 0.1) is 0 Å². The number of hydrogen-bond acceptors (Lipinski definition) is 3. The standard InChI is InChI=1S/C12H21N3/c1-14-12-7-6-11(13)9-10(12)5-4-8-15(2)3/h6-7,9,14H,4-5,8,13H2,1-3H3. The molecule has 0 radical (unpaired) electrons. The molecule has 0 atom stereocenters. The van der Waals surface area contributed by atoms with E-state index in [1.165, 1.54) is 11.3 Å². The van der Waals surface area contributed by atoms with Crippen molar-refractivity contribution in [1.29, 1.82) is 0 Å². The van der Waals surface area contributed by atoms with E-state index in [0.717, 1.165) is 25.1 Å². The summed E-state index contributed by atoms with van der Waals surface area (Å²) in [4.78, 5) is 2.20. The van der Waals surface area contributed by atoms with Gasteiger partial charge in [0, 0.05) is 18.4 Å². The second-order valence-electron chi connectivity index (χ2n) is 4.07. The monoisotopic (exact) mass is 207 g/mol. The SMILES string of the molecule is CNc1ccc(N)cc1CCCN(C)C. The van der Waals surface area contributed by atoms with Gasteiger partial charge in [0.1, 0.15) is 0 Å². The minimum Gasteiger partial charge on any atom is -0.399 e. The quantitative estimate of drug-likeness (QED) is 0.723. The molecule has 0 aromatic heterocycles. The molecule has 3 N–H and O–H groups in total. The van der Waals surface area contributed by atoms with Crippen molar-refractivity contribution in [3.8, 4) is 0 Å². The number of nitrogen functional groups attached to an aromatic ring is 1. The number of rotatable bonds is 5. The van der Waals surface area contributed by atoms with Gasteiger partial charge in [-0.05, 0) is 57.2 Å². The Morgan fingerprint density at radius 3 is 2.67 bits per heavy atom. The lowest BCUT2D eigenvalue weighted by Crippen LogP contribution is -2.13. The van der Waals surface area contributed by atoms with Crippen molar-refractivity contribution in [3.63, 3.8) is 0 Å². The van der Waals surface area contributed by atoms with Crippen LogP contribution in [0.2, 0.25) is 0 Å². The smallest absolute Gasteiger partial charge is 0.0371 e. The summed E-state index contributed by atoms with van der Waals surface area (Å²) in [5, 5.41) is 3.19. The molecule has 0 saturated carbocycles. The normalized spacial score (nSPS) is 10.7. The Bertz CT molecular complexity index is 308. The van der Waals surface area contributed by atoms with Gasteiger partial charge in [-0.1, -0.05) is 0 Å². The number of anilines is 2. The van der Waals surface area contributed by atoms with Crippen LogP contribution in [-0.4, -0.2) is 32.6 Å². The summed E-state index contributed by atoms with van der Waals surface area (Å²) >= 11 is 0. The molecule has 0 unspecified atom stereocenters. The summed E-state index contributed by atoms with van der Waals surface area (Å²) in [5.74, 6) is 0. The van der Waals surface area contributed by atoms with Gasteiger partial charge in [0.2, 0.25) is 0 Å². The van der Waals surface area contributed by atoms with E-state index >= 15 is 0 Å². The lowest BCUT2D eigenvalue weighted by Gasteiger charge is -2.12. The van der Waals surface area contributed by atoms with E-state index in [1.54, 1.807) is 0 Å². The fourth-order valence-corrected chi connectivity index (χ4v) is 1.65. The number of hydrogen-bond donors (Lipinski definition) is 2. The third-order valence-corrected chi connectivity index (χ3v) is 2.45. The van der Waals surface area contributed by atoms with Crippen molar-refractivity contribution in [2.24, 2.45) is 0 Å². The molecule has 0 aliphatic rings. The number of nitrogens with two attached hydrogens (primary N) is 1. The molecule has 15 heavy (non-hydrogen) atoms. The Balaban J connectivity index is 2.62. The van der Waals surface area contributed by atoms with Gasteiger partial charge in [0.15, 0.2) is 0 Å². The molecule has 0 aliphatic heterocycles. The van der Waals surface area contributed by atoms with Crippen molar-refractivity contribution < 1.29 is 0 Å². The van der Waals surface area contributed by atoms with Crippen LogP contribution in [0.1, 0.15) is 12.0 Å². The van der Waals surface area contributed by atoms with Gasteiger partial charge < -0.3 is 16.0 Å². The average Bonchev–Trinajstić information content (AvgIpc) is 2.17. The van der Waals surface area contributed by atoms with Gasteiger partial charge in [0.05, 0.1) is 0 Å². The molecular weight excluding hydrogens is 186 g/mol. The summed E-state index contributed by atoms with van der Waals surface area (Å²) < 4.78 is 0. The lowest BCUT2D eigenvalue weighted by atomic mass is 10.1. The molecule has 1 aromatic rings.